The smallest absolute Gasteiger partial charge is 0.251 e. The van der Waals surface area contributed by atoms with Crippen molar-refractivity contribution < 1.29 is 14.0 Å². The van der Waals surface area contributed by atoms with E-state index in [2.05, 4.69) is 5.32 Å². The number of likely N-dealkylation sites (tertiary alicyclic amines) is 1. The molecule has 26 heavy (non-hydrogen) atoms. The number of nitrogens with one attached hydrogen (secondary N) is 1. The molecule has 4 nitrogen and oxygen atoms in total. The summed E-state index contributed by atoms with van der Waals surface area (Å²) in [5, 5.41) is 3.25. The topological polar surface area (TPSA) is 49.4 Å². The Morgan fingerprint density at radius 2 is 1.85 bits per heavy atom. The summed E-state index contributed by atoms with van der Waals surface area (Å²) in [5.74, 6) is -0.877. The summed E-state index contributed by atoms with van der Waals surface area (Å²) in [4.78, 5) is 26.5. The number of hydrogen-bond donors (Lipinski definition) is 1. The van der Waals surface area contributed by atoms with Crippen LogP contribution < -0.4 is 5.32 Å². The molecule has 1 atom stereocenters. The van der Waals surface area contributed by atoms with Gasteiger partial charge in [0.05, 0.1) is 22.6 Å². The Morgan fingerprint density at radius 1 is 1.12 bits per heavy atom. The van der Waals surface area contributed by atoms with E-state index in [9.17, 15) is 14.0 Å². The number of halogens is 3. The van der Waals surface area contributed by atoms with Crippen LogP contribution in [0.25, 0.3) is 0 Å². The van der Waals surface area contributed by atoms with Crippen molar-refractivity contribution in [1.82, 2.24) is 10.2 Å². The van der Waals surface area contributed by atoms with Crippen molar-refractivity contribution >= 4 is 35.0 Å². The quantitative estimate of drug-likeness (QED) is 0.843. The molecule has 0 radical (unpaired) electrons. The highest BCUT2D eigenvalue weighted by Crippen LogP contribution is 2.31. The SMILES string of the molecule is O=C(NCC(=O)N1CCCC1c1ccc(F)cc1)c1ccc(Cl)c(Cl)c1. The number of carbonyl (C=O) groups is 2. The summed E-state index contributed by atoms with van der Waals surface area (Å²) in [6.07, 6.45) is 1.69. The van der Waals surface area contributed by atoms with Crippen LogP contribution >= 0.6 is 23.2 Å². The van der Waals surface area contributed by atoms with Crippen LogP contribution in [0.15, 0.2) is 42.5 Å². The molecule has 1 heterocycles. The average Bonchev–Trinajstić information content (AvgIpc) is 3.12. The highest BCUT2D eigenvalue weighted by Gasteiger charge is 2.29. The molecule has 2 aromatic rings. The summed E-state index contributed by atoms with van der Waals surface area (Å²) in [6.45, 7) is 0.500. The number of amides is 2. The molecule has 0 aliphatic carbocycles. The molecule has 2 amide bonds. The van der Waals surface area contributed by atoms with Gasteiger partial charge in [0, 0.05) is 12.1 Å². The average molecular weight is 395 g/mol. The Bertz CT molecular complexity index is 827. The van der Waals surface area contributed by atoms with E-state index in [4.69, 9.17) is 23.2 Å². The van der Waals surface area contributed by atoms with E-state index in [1.54, 1.807) is 23.1 Å². The second-order valence-corrected chi connectivity index (χ2v) is 6.92. The van der Waals surface area contributed by atoms with Crippen LogP contribution in [0.1, 0.15) is 34.8 Å². The minimum atomic E-state index is -0.394. The van der Waals surface area contributed by atoms with Crippen LogP contribution in [-0.2, 0) is 4.79 Å². The lowest BCUT2D eigenvalue weighted by Gasteiger charge is -2.25. The lowest BCUT2D eigenvalue weighted by molar-refractivity contribution is -0.131. The van der Waals surface area contributed by atoms with E-state index < -0.39 is 5.91 Å². The first-order valence-electron chi connectivity index (χ1n) is 8.24. The molecule has 0 bridgehead atoms. The van der Waals surface area contributed by atoms with E-state index in [0.717, 1.165) is 18.4 Å². The molecule has 0 spiro atoms. The first-order valence-corrected chi connectivity index (χ1v) is 8.99. The van der Waals surface area contributed by atoms with E-state index in [1.807, 2.05) is 0 Å². The van der Waals surface area contributed by atoms with Crippen molar-refractivity contribution in [2.45, 2.75) is 18.9 Å². The normalized spacial score (nSPS) is 16.6. The molecule has 136 valence electrons. The standard InChI is InChI=1S/C19H17Cl2FN2O2/c20-15-8-5-13(10-16(15)21)19(26)23-11-18(25)24-9-1-2-17(24)12-3-6-14(22)7-4-12/h3-8,10,17H,1-2,9,11H2,(H,23,26). The van der Waals surface area contributed by atoms with E-state index >= 15 is 0 Å². The maximum absolute atomic E-state index is 13.1. The zero-order valence-electron chi connectivity index (χ0n) is 13.8. The van der Waals surface area contributed by atoms with Gasteiger partial charge in [-0.1, -0.05) is 35.3 Å². The van der Waals surface area contributed by atoms with Crippen LogP contribution in [0.4, 0.5) is 4.39 Å². The van der Waals surface area contributed by atoms with Crippen LogP contribution in [0.2, 0.25) is 10.0 Å². The largest absolute Gasteiger partial charge is 0.343 e. The van der Waals surface area contributed by atoms with Gasteiger partial charge < -0.3 is 10.2 Å². The molecule has 0 aromatic heterocycles. The van der Waals surface area contributed by atoms with Crippen molar-refractivity contribution in [3.63, 3.8) is 0 Å². The van der Waals surface area contributed by atoms with Crippen LogP contribution in [0.5, 0.6) is 0 Å². The molecule has 1 aliphatic heterocycles. The fourth-order valence-electron chi connectivity index (χ4n) is 3.09. The van der Waals surface area contributed by atoms with Crippen molar-refractivity contribution in [3.05, 3.63) is 69.5 Å². The van der Waals surface area contributed by atoms with Crippen molar-refractivity contribution in [2.75, 3.05) is 13.1 Å². The van der Waals surface area contributed by atoms with Crippen LogP contribution in [-0.4, -0.2) is 29.8 Å². The van der Waals surface area contributed by atoms with Gasteiger partial charge in [-0.2, -0.15) is 0 Å². The zero-order chi connectivity index (χ0) is 18.7. The van der Waals surface area contributed by atoms with Crippen LogP contribution in [0, 0.1) is 5.82 Å². The third-order valence-electron chi connectivity index (χ3n) is 4.41. The second-order valence-electron chi connectivity index (χ2n) is 6.11. The first-order chi connectivity index (χ1) is 12.5. The third kappa shape index (κ3) is 4.17. The number of rotatable bonds is 4. The summed E-state index contributed by atoms with van der Waals surface area (Å²) in [6, 6.07) is 10.6. The summed E-state index contributed by atoms with van der Waals surface area (Å²) in [7, 11) is 0. The van der Waals surface area contributed by atoms with Gasteiger partial charge in [0.2, 0.25) is 5.91 Å². The Labute approximate surface area is 160 Å². The Balaban J connectivity index is 1.62. The molecule has 1 fully saturated rings. The van der Waals surface area contributed by atoms with Crippen molar-refractivity contribution in [3.8, 4) is 0 Å². The first kappa shape index (κ1) is 18.7. The monoisotopic (exact) mass is 394 g/mol. The molecule has 3 rings (SSSR count). The van der Waals surface area contributed by atoms with E-state index in [0.29, 0.717) is 17.1 Å². The highest BCUT2D eigenvalue weighted by molar-refractivity contribution is 6.42. The molecule has 0 saturated carbocycles. The minimum Gasteiger partial charge on any atom is -0.343 e. The van der Waals surface area contributed by atoms with Gasteiger partial charge in [0.1, 0.15) is 5.82 Å². The zero-order valence-corrected chi connectivity index (χ0v) is 15.4. The fourth-order valence-corrected chi connectivity index (χ4v) is 3.39. The minimum absolute atomic E-state index is 0.0926. The van der Waals surface area contributed by atoms with E-state index in [-0.39, 0.29) is 29.3 Å². The summed E-state index contributed by atoms with van der Waals surface area (Å²) >= 11 is 11.7. The Hall–Kier alpha value is -2.11. The molecule has 1 aliphatic rings. The number of nitrogens with zero attached hydrogens (tertiary/aromatic N) is 1. The number of carbonyl (C=O) groups excluding carboxylic acids is 2. The van der Waals surface area contributed by atoms with Gasteiger partial charge in [-0.25, -0.2) is 4.39 Å². The van der Waals surface area contributed by atoms with Crippen molar-refractivity contribution in [2.24, 2.45) is 0 Å². The third-order valence-corrected chi connectivity index (χ3v) is 5.15. The molecule has 1 N–H and O–H groups in total. The summed E-state index contributed by atoms with van der Waals surface area (Å²) < 4.78 is 13.1. The molecule has 2 aromatic carbocycles. The van der Waals surface area contributed by atoms with Gasteiger partial charge in [-0.15, -0.1) is 0 Å². The lowest BCUT2D eigenvalue weighted by Crippen LogP contribution is -2.39. The van der Waals surface area contributed by atoms with Crippen molar-refractivity contribution in [1.29, 1.82) is 0 Å². The maximum atomic E-state index is 13.1. The maximum Gasteiger partial charge on any atom is 0.251 e. The molecule has 1 saturated heterocycles. The second kappa shape index (κ2) is 8.06. The molecule has 7 heteroatoms. The van der Waals surface area contributed by atoms with Gasteiger partial charge in [0.15, 0.2) is 0 Å². The van der Waals surface area contributed by atoms with Gasteiger partial charge >= 0.3 is 0 Å². The fraction of sp³-hybridized carbons (Fsp3) is 0.263. The lowest BCUT2D eigenvalue weighted by atomic mass is 10.0. The van der Waals surface area contributed by atoms with Gasteiger partial charge in [-0.05, 0) is 48.7 Å². The van der Waals surface area contributed by atoms with Crippen LogP contribution in [0.3, 0.4) is 0 Å². The number of benzene rings is 2. The summed E-state index contributed by atoms with van der Waals surface area (Å²) in [5.41, 5.74) is 1.23. The predicted octanol–water partition coefficient (Wildman–Crippen LogP) is 4.23. The predicted molar refractivity (Wildman–Crippen MR) is 98.9 cm³/mol. The Kier molecular flexibility index (Phi) is 5.79. The molecular weight excluding hydrogens is 378 g/mol. The van der Waals surface area contributed by atoms with E-state index in [1.165, 1.54) is 24.3 Å². The molecular formula is C19H17Cl2FN2O2. The highest BCUT2D eigenvalue weighted by atomic mass is 35.5. The Morgan fingerprint density at radius 3 is 2.54 bits per heavy atom. The molecule has 1 unspecified atom stereocenters. The van der Waals surface area contributed by atoms with Gasteiger partial charge in [-0.3, -0.25) is 9.59 Å². The van der Waals surface area contributed by atoms with Gasteiger partial charge in [0.25, 0.3) is 5.91 Å². The number of hydrogen-bond acceptors (Lipinski definition) is 2.